The summed E-state index contributed by atoms with van der Waals surface area (Å²) >= 11 is 0. The van der Waals surface area contributed by atoms with Gasteiger partial charge in [0.15, 0.2) is 0 Å². The Morgan fingerprint density at radius 3 is 1.71 bits per heavy atom. The van der Waals surface area contributed by atoms with Crippen molar-refractivity contribution in [2.45, 2.75) is 97.3 Å². The third-order valence-electron chi connectivity index (χ3n) is 5.75. The third-order valence-corrected chi connectivity index (χ3v) is 5.75. The summed E-state index contributed by atoms with van der Waals surface area (Å²) in [5, 5.41) is 9.49. The van der Waals surface area contributed by atoms with E-state index in [-0.39, 0.29) is 11.1 Å². The maximum Gasteiger partial charge on any atom is 0.339 e. The second-order valence-corrected chi connectivity index (χ2v) is 8.76. The lowest BCUT2D eigenvalue weighted by atomic mass is 9.99. The lowest BCUT2D eigenvalue weighted by Gasteiger charge is -2.10. The molecule has 0 aromatic heterocycles. The van der Waals surface area contributed by atoms with Crippen LogP contribution in [0.25, 0.3) is 0 Å². The SMILES string of the molecule is CCCCCCCCOC(=O)c1ccc(CCCCCCCC)cc1C(=O)O.c1ccccc1. The fourth-order valence-electron chi connectivity index (χ4n) is 3.72. The van der Waals surface area contributed by atoms with Crippen molar-refractivity contribution in [3.05, 3.63) is 71.3 Å². The first-order valence-corrected chi connectivity index (χ1v) is 13.1. The van der Waals surface area contributed by atoms with Gasteiger partial charge in [-0.1, -0.05) is 121 Å². The number of carboxylic acids is 1. The number of aryl methyl sites for hydroxylation is 1. The van der Waals surface area contributed by atoms with Crippen LogP contribution in [0.5, 0.6) is 0 Å². The molecule has 0 spiro atoms. The zero-order valence-electron chi connectivity index (χ0n) is 21.3. The van der Waals surface area contributed by atoms with Gasteiger partial charge >= 0.3 is 11.9 Å². The summed E-state index contributed by atoms with van der Waals surface area (Å²) in [6, 6.07) is 17.1. The highest BCUT2D eigenvalue weighted by Gasteiger charge is 2.18. The van der Waals surface area contributed by atoms with Crippen LogP contribution in [0, 0.1) is 0 Å². The van der Waals surface area contributed by atoms with E-state index in [1.165, 1.54) is 44.9 Å². The molecule has 0 aliphatic rings. The molecule has 2 aromatic rings. The summed E-state index contributed by atoms with van der Waals surface area (Å²) in [5.41, 5.74) is 1.18. The minimum absolute atomic E-state index is 0.0522. The number of benzene rings is 2. The molecule has 2 rings (SSSR count). The molecule has 0 aliphatic heterocycles. The monoisotopic (exact) mass is 468 g/mol. The second kappa shape index (κ2) is 19.8. The molecule has 0 fully saturated rings. The summed E-state index contributed by atoms with van der Waals surface area (Å²) in [6.45, 7) is 4.73. The topological polar surface area (TPSA) is 63.6 Å². The van der Waals surface area contributed by atoms with Crippen molar-refractivity contribution in [2.75, 3.05) is 6.61 Å². The van der Waals surface area contributed by atoms with Crippen LogP contribution in [0.4, 0.5) is 0 Å². The van der Waals surface area contributed by atoms with E-state index in [0.29, 0.717) is 6.61 Å². The molecule has 0 bridgehead atoms. The predicted octanol–water partition coefficient (Wildman–Crippen LogP) is 8.49. The Morgan fingerprint density at radius 1 is 0.676 bits per heavy atom. The van der Waals surface area contributed by atoms with Crippen LogP contribution in [-0.2, 0) is 11.2 Å². The average molecular weight is 469 g/mol. The van der Waals surface area contributed by atoms with E-state index in [0.717, 1.165) is 44.1 Å². The van der Waals surface area contributed by atoms with Crippen LogP contribution >= 0.6 is 0 Å². The van der Waals surface area contributed by atoms with Crippen molar-refractivity contribution >= 4 is 11.9 Å². The number of ether oxygens (including phenoxy) is 1. The molecule has 0 radical (unpaired) electrons. The zero-order chi connectivity index (χ0) is 24.9. The van der Waals surface area contributed by atoms with Crippen LogP contribution in [0.3, 0.4) is 0 Å². The molecule has 0 amide bonds. The van der Waals surface area contributed by atoms with E-state index in [4.69, 9.17) is 4.74 Å². The van der Waals surface area contributed by atoms with E-state index >= 15 is 0 Å². The molecular weight excluding hydrogens is 424 g/mol. The smallest absolute Gasteiger partial charge is 0.339 e. The molecule has 34 heavy (non-hydrogen) atoms. The van der Waals surface area contributed by atoms with E-state index in [9.17, 15) is 14.7 Å². The average Bonchev–Trinajstić information content (AvgIpc) is 2.86. The van der Waals surface area contributed by atoms with E-state index < -0.39 is 11.9 Å². The van der Waals surface area contributed by atoms with Crippen LogP contribution < -0.4 is 0 Å². The summed E-state index contributed by atoms with van der Waals surface area (Å²) in [4.78, 5) is 23.9. The Hall–Kier alpha value is -2.62. The number of carboxylic acid groups (broad SMARTS) is 1. The summed E-state index contributed by atoms with van der Waals surface area (Å²) in [7, 11) is 0. The van der Waals surface area contributed by atoms with E-state index in [1.54, 1.807) is 12.1 Å². The Bertz CT molecular complexity index is 759. The first-order chi connectivity index (χ1) is 16.6. The predicted molar refractivity (Wildman–Crippen MR) is 141 cm³/mol. The highest BCUT2D eigenvalue weighted by atomic mass is 16.5. The van der Waals surface area contributed by atoms with Gasteiger partial charge in [0.05, 0.1) is 17.7 Å². The van der Waals surface area contributed by atoms with Crippen LogP contribution in [0.15, 0.2) is 54.6 Å². The quantitative estimate of drug-likeness (QED) is 0.198. The Morgan fingerprint density at radius 2 is 1.18 bits per heavy atom. The lowest BCUT2D eigenvalue weighted by Crippen LogP contribution is -2.13. The van der Waals surface area contributed by atoms with Gasteiger partial charge in [-0.3, -0.25) is 0 Å². The standard InChI is InChI=1S/C24H38O4.C6H6/c1-3-5-7-9-11-13-15-20-16-17-21(22(19-20)23(25)26)24(27)28-18-14-12-10-8-6-4-2;1-2-4-6-5-3-1/h16-17,19H,3-15,18H2,1-2H3,(H,25,26);1-6H. The van der Waals surface area contributed by atoms with Gasteiger partial charge in [0.25, 0.3) is 0 Å². The molecule has 0 unspecified atom stereocenters. The van der Waals surface area contributed by atoms with Crippen LogP contribution in [0.1, 0.15) is 117 Å². The summed E-state index contributed by atoms with van der Waals surface area (Å²) in [5.74, 6) is -1.60. The van der Waals surface area contributed by atoms with Gasteiger partial charge < -0.3 is 9.84 Å². The molecule has 2 aromatic carbocycles. The highest BCUT2D eigenvalue weighted by molar-refractivity contribution is 6.02. The van der Waals surface area contributed by atoms with Gasteiger partial charge in [-0.15, -0.1) is 0 Å². The van der Waals surface area contributed by atoms with Crippen molar-refractivity contribution < 1.29 is 19.4 Å². The molecule has 0 saturated carbocycles. The molecular formula is C30H44O4. The normalized spacial score (nSPS) is 10.3. The van der Waals surface area contributed by atoms with Crippen molar-refractivity contribution in [3.8, 4) is 0 Å². The largest absolute Gasteiger partial charge is 0.478 e. The minimum Gasteiger partial charge on any atom is -0.478 e. The number of rotatable bonds is 16. The van der Waals surface area contributed by atoms with Gasteiger partial charge in [0.2, 0.25) is 0 Å². The second-order valence-electron chi connectivity index (χ2n) is 8.76. The van der Waals surface area contributed by atoms with Crippen molar-refractivity contribution in [3.63, 3.8) is 0 Å². The van der Waals surface area contributed by atoms with Gasteiger partial charge in [-0.05, 0) is 37.0 Å². The number of esters is 1. The number of carbonyl (C=O) groups is 2. The van der Waals surface area contributed by atoms with Crippen LogP contribution in [0.2, 0.25) is 0 Å². The first-order valence-electron chi connectivity index (χ1n) is 13.1. The zero-order valence-corrected chi connectivity index (χ0v) is 21.3. The first kappa shape index (κ1) is 29.4. The molecule has 0 aliphatic carbocycles. The fourth-order valence-corrected chi connectivity index (χ4v) is 3.72. The van der Waals surface area contributed by atoms with Gasteiger partial charge in [0.1, 0.15) is 0 Å². The van der Waals surface area contributed by atoms with Crippen molar-refractivity contribution in [1.82, 2.24) is 0 Å². The van der Waals surface area contributed by atoms with E-state index in [1.807, 2.05) is 42.5 Å². The highest BCUT2D eigenvalue weighted by Crippen LogP contribution is 2.17. The van der Waals surface area contributed by atoms with Gasteiger partial charge in [-0.2, -0.15) is 0 Å². The molecule has 0 heterocycles. The fraction of sp³-hybridized carbons (Fsp3) is 0.533. The number of unbranched alkanes of at least 4 members (excludes halogenated alkanes) is 10. The Balaban J connectivity index is 0.000000830. The molecule has 4 heteroatoms. The lowest BCUT2D eigenvalue weighted by molar-refractivity contribution is 0.0487. The minimum atomic E-state index is -1.07. The molecule has 4 nitrogen and oxygen atoms in total. The molecule has 0 saturated heterocycles. The molecule has 188 valence electrons. The number of carbonyl (C=O) groups excluding carboxylic acids is 1. The van der Waals surface area contributed by atoms with Crippen molar-refractivity contribution in [1.29, 1.82) is 0 Å². The third kappa shape index (κ3) is 13.8. The van der Waals surface area contributed by atoms with Crippen LogP contribution in [-0.4, -0.2) is 23.7 Å². The Kier molecular flexibility index (Phi) is 17.1. The van der Waals surface area contributed by atoms with Gasteiger partial charge in [-0.25, -0.2) is 9.59 Å². The summed E-state index contributed by atoms with van der Waals surface area (Å²) < 4.78 is 5.30. The maximum absolute atomic E-state index is 12.3. The summed E-state index contributed by atoms with van der Waals surface area (Å²) in [6.07, 6.45) is 14.7. The molecule has 1 N–H and O–H groups in total. The van der Waals surface area contributed by atoms with E-state index in [2.05, 4.69) is 13.8 Å². The number of aromatic carboxylic acids is 1. The Labute approximate surface area is 206 Å². The number of hydrogen-bond donors (Lipinski definition) is 1. The maximum atomic E-state index is 12.3. The number of hydrogen-bond acceptors (Lipinski definition) is 3. The van der Waals surface area contributed by atoms with Gasteiger partial charge in [0, 0.05) is 0 Å². The molecule has 0 atom stereocenters. The van der Waals surface area contributed by atoms with Crippen molar-refractivity contribution in [2.24, 2.45) is 0 Å².